The number of aliphatic carboxylic acids is 1. The minimum absolute atomic E-state index is 0.0384. The number of hydrogen-bond acceptors (Lipinski definition) is 3. The smallest absolute Gasteiger partial charge is 0.315 e. The van der Waals surface area contributed by atoms with Crippen molar-refractivity contribution in [3.63, 3.8) is 0 Å². The largest absolute Gasteiger partial charge is 0.481 e. The highest BCUT2D eigenvalue weighted by Gasteiger charge is 2.26. The van der Waals surface area contributed by atoms with E-state index in [1.807, 2.05) is 0 Å². The number of carbonyl (C=O) groups is 3. The zero-order valence-electron chi connectivity index (χ0n) is 14.9. The van der Waals surface area contributed by atoms with E-state index in [9.17, 15) is 14.4 Å². The van der Waals surface area contributed by atoms with Gasteiger partial charge in [-0.15, -0.1) is 0 Å². The average Bonchev–Trinajstić information content (AvgIpc) is 2.60. The Bertz CT molecular complexity index is 455. The molecule has 0 saturated heterocycles. The molecule has 0 unspecified atom stereocenters. The van der Waals surface area contributed by atoms with Crippen LogP contribution in [0.5, 0.6) is 0 Å². The first-order valence-corrected chi connectivity index (χ1v) is 9.58. The molecule has 7 nitrogen and oxygen atoms in total. The minimum atomic E-state index is -0.744. The highest BCUT2D eigenvalue weighted by Crippen LogP contribution is 2.26. The van der Waals surface area contributed by atoms with Crippen LogP contribution in [0.4, 0.5) is 4.79 Å². The van der Waals surface area contributed by atoms with Gasteiger partial charge in [-0.25, -0.2) is 4.79 Å². The van der Waals surface area contributed by atoms with E-state index in [-0.39, 0.29) is 23.9 Å². The Morgan fingerprint density at radius 1 is 0.840 bits per heavy atom. The van der Waals surface area contributed by atoms with Gasteiger partial charge in [0, 0.05) is 25.6 Å². The molecule has 0 atom stereocenters. The highest BCUT2D eigenvalue weighted by atomic mass is 16.4. The van der Waals surface area contributed by atoms with Crippen LogP contribution < -0.4 is 16.0 Å². The normalized spacial score (nSPS) is 24.3. The molecular formula is C18H31N3O4. The molecule has 142 valence electrons. The maximum Gasteiger partial charge on any atom is 0.315 e. The Kier molecular flexibility index (Phi) is 8.01. The van der Waals surface area contributed by atoms with Gasteiger partial charge in [-0.1, -0.05) is 19.3 Å². The van der Waals surface area contributed by atoms with Crippen LogP contribution >= 0.6 is 0 Å². The second-order valence-electron chi connectivity index (χ2n) is 7.35. The average molecular weight is 353 g/mol. The van der Waals surface area contributed by atoms with Gasteiger partial charge >= 0.3 is 12.0 Å². The van der Waals surface area contributed by atoms with Crippen molar-refractivity contribution in [2.45, 2.75) is 70.3 Å². The Balaban J connectivity index is 1.50. The number of nitrogens with one attached hydrogen (secondary N) is 3. The third-order valence-electron chi connectivity index (χ3n) is 5.34. The topological polar surface area (TPSA) is 108 Å². The molecule has 2 saturated carbocycles. The van der Waals surface area contributed by atoms with Gasteiger partial charge in [0.25, 0.3) is 0 Å². The van der Waals surface area contributed by atoms with Crippen molar-refractivity contribution < 1.29 is 19.5 Å². The van der Waals surface area contributed by atoms with Gasteiger partial charge in [0.1, 0.15) is 0 Å². The summed E-state index contributed by atoms with van der Waals surface area (Å²) >= 11 is 0. The molecule has 0 bridgehead atoms. The SMILES string of the molecule is O=C(CC1CCCCC1)NCCNC(=O)NC1CCC(C(=O)O)CC1. The Morgan fingerprint density at radius 3 is 2.12 bits per heavy atom. The van der Waals surface area contributed by atoms with Crippen LogP contribution in [0, 0.1) is 11.8 Å². The van der Waals surface area contributed by atoms with E-state index in [0.717, 1.165) is 12.8 Å². The number of carbonyl (C=O) groups excluding carboxylic acids is 2. The fourth-order valence-corrected chi connectivity index (χ4v) is 3.82. The Labute approximate surface area is 149 Å². The van der Waals surface area contributed by atoms with Gasteiger partial charge in [0.05, 0.1) is 5.92 Å². The predicted molar refractivity (Wildman–Crippen MR) is 94.1 cm³/mol. The summed E-state index contributed by atoms with van der Waals surface area (Å²) in [6.07, 6.45) is 9.26. The second-order valence-corrected chi connectivity index (χ2v) is 7.35. The van der Waals surface area contributed by atoms with Crippen LogP contribution in [0.25, 0.3) is 0 Å². The molecule has 2 aliphatic carbocycles. The summed E-state index contributed by atoms with van der Waals surface area (Å²) in [6, 6.07) is -0.211. The van der Waals surface area contributed by atoms with Crippen molar-refractivity contribution in [2.24, 2.45) is 11.8 Å². The molecule has 4 N–H and O–H groups in total. The number of carboxylic acids is 1. The third kappa shape index (κ3) is 7.32. The van der Waals surface area contributed by atoms with E-state index in [1.165, 1.54) is 19.3 Å². The molecule has 2 rings (SSSR count). The van der Waals surface area contributed by atoms with Gasteiger partial charge < -0.3 is 21.1 Å². The van der Waals surface area contributed by atoms with E-state index < -0.39 is 5.97 Å². The lowest BCUT2D eigenvalue weighted by molar-refractivity contribution is -0.142. The number of hydrogen-bond donors (Lipinski definition) is 4. The van der Waals surface area contributed by atoms with Crippen molar-refractivity contribution in [3.8, 4) is 0 Å². The van der Waals surface area contributed by atoms with Gasteiger partial charge in [0.2, 0.25) is 5.91 Å². The molecule has 2 fully saturated rings. The molecule has 2 aliphatic rings. The van der Waals surface area contributed by atoms with Crippen molar-refractivity contribution in [1.82, 2.24) is 16.0 Å². The lowest BCUT2D eigenvalue weighted by Crippen LogP contribution is -2.46. The van der Waals surface area contributed by atoms with Crippen molar-refractivity contribution in [1.29, 1.82) is 0 Å². The Hall–Kier alpha value is -1.79. The highest BCUT2D eigenvalue weighted by molar-refractivity contribution is 5.76. The van der Waals surface area contributed by atoms with Crippen LogP contribution in [-0.2, 0) is 9.59 Å². The van der Waals surface area contributed by atoms with E-state index in [1.54, 1.807) is 0 Å². The summed E-state index contributed by atoms with van der Waals surface area (Å²) in [4.78, 5) is 34.6. The van der Waals surface area contributed by atoms with Crippen LogP contribution in [0.3, 0.4) is 0 Å². The first-order valence-electron chi connectivity index (χ1n) is 9.58. The van der Waals surface area contributed by atoms with E-state index in [0.29, 0.717) is 51.1 Å². The maximum atomic E-state index is 11.9. The van der Waals surface area contributed by atoms with Crippen molar-refractivity contribution in [2.75, 3.05) is 13.1 Å². The Morgan fingerprint density at radius 2 is 1.48 bits per heavy atom. The van der Waals surface area contributed by atoms with E-state index in [4.69, 9.17) is 5.11 Å². The standard InChI is InChI=1S/C18H31N3O4/c22-16(12-13-4-2-1-3-5-13)19-10-11-20-18(25)21-15-8-6-14(7-9-15)17(23)24/h13-15H,1-12H2,(H,19,22)(H,23,24)(H2,20,21,25). The maximum absolute atomic E-state index is 11.9. The van der Waals surface area contributed by atoms with Crippen molar-refractivity contribution >= 4 is 17.9 Å². The molecule has 0 aromatic rings. The first-order chi connectivity index (χ1) is 12.0. The van der Waals surface area contributed by atoms with Crippen LogP contribution in [0.15, 0.2) is 0 Å². The monoisotopic (exact) mass is 353 g/mol. The third-order valence-corrected chi connectivity index (χ3v) is 5.34. The lowest BCUT2D eigenvalue weighted by Gasteiger charge is -2.26. The van der Waals surface area contributed by atoms with E-state index in [2.05, 4.69) is 16.0 Å². The summed E-state index contributed by atoms with van der Waals surface area (Å²) in [5, 5.41) is 17.4. The van der Waals surface area contributed by atoms with Gasteiger partial charge in [-0.2, -0.15) is 0 Å². The summed E-state index contributed by atoms with van der Waals surface area (Å²) in [5.74, 6) is -0.431. The molecule has 0 spiro atoms. The van der Waals surface area contributed by atoms with Crippen LogP contribution in [0.2, 0.25) is 0 Å². The molecule has 0 aromatic heterocycles. The fourth-order valence-electron chi connectivity index (χ4n) is 3.82. The second kappa shape index (κ2) is 10.3. The quantitative estimate of drug-likeness (QED) is 0.525. The summed E-state index contributed by atoms with van der Waals surface area (Å²) in [6.45, 7) is 0.831. The summed E-state index contributed by atoms with van der Waals surface area (Å²) < 4.78 is 0. The van der Waals surface area contributed by atoms with Crippen LogP contribution in [-0.4, -0.2) is 42.1 Å². The molecular weight excluding hydrogens is 322 g/mol. The number of urea groups is 1. The molecule has 3 amide bonds. The van der Waals surface area contributed by atoms with Crippen molar-refractivity contribution in [3.05, 3.63) is 0 Å². The predicted octanol–water partition coefficient (Wildman–Crippen LogP) is 2.02. The molecule has 0 aromatic carbocycles. The molecule has 7 heteroatoms. The minimum Gasteiger partial charge on any atom is -0.481 e. The number of rotatable bonds is 7. The zero-order chi connectivity index (χ0) is 18.1. The van der Waals surface area contributed by atoms with Gasteiger partial charge in [0.15, 0.2) is 0 Å². The molecule has 0 heterocycles. The van der Waals surface area contributed by atoms with Gasteiger partial charge in [-0.3, -0.25) is 9.59 Å². The molecule has 25 heavy (non-hydrogen) atoms. The molecule has 0 aliphatic heterocycles. The summed E-state index contributed by atoms with van der Waals surface area (Å²) in [5.41, 5.74) is 0. The zero-order valence-corrected chi connectivity index (χ0v) is 14.9. The van der Waals surface area contributed by atoms with Gasteiger partial charge in [-0.05, 0) is 44.4 Å². The fraction of sp³-hybridized carbons (Fsp3) is 0.833. The number of amides is 3. The first kappa shape index (κ1) is 19.5. The molecule has 0 radical (unpaired) electrons. The number of carboxylic acid groups (broad SMARTS) is 1. The van der Waals surface area contributed by atoms with E-state index >= 15 is 0 Å². The summed E-state index contributed by atoms with van der Waals surface area (Å²) in [7, 11) is 0. The lowest BCUT2D eigenvalue weighted by atomic mass is 9.86. The van der Waals surface area contributed by atoms with Crippen LogP contribution in [0.1, 0.15) is 64.2 Å².